The van der Waals surface area contributed by atoms with E-state index in [0.717, 1.165) is 4.88 Å². The molecule has 0 saturated heterocycles. The van der Waals surface area contributed by atoms with Crippen LogP contribution in [0, 0.1) is 6.92 Å². The van der Waals surface area contributed by atoms with Gasteiger partial charge in [0.05, 0.1) is 17.7 Å². The van der Waals surface area contributed by atoms with Gasteiger partial charge in [0.1, 0.15) is 5.76 Å². The first-order valence-corrected chi connectivity index (χ1v) is 10.4. The van der Waals surface area contributed by atoms with Crippen LogP contribution in [0.2, 0.25) is 0 Å². The van der Waals surface area contributed by atoms with Crippen molar-refractivity contribution in [2.45, 2.75) is 18.4 Å². The average molecular weight is 402 g/mol. The third kappa shape index (κ3) is 5.40. The number of carbonyl (C=O) groups excluding carboxylic acids is 1. The first-order chi connectivity index (χ1) is 12.9. The summed E-state index contributed by atoms with van der Waals surface area (Å²) in [5.74, 6) is 0.239. The fraction of sp³-hybridized carbons (Fsp3) is 0.105. The minimum atomic E-state index is -3.66. The predicted molar refractivity (Wildman–Crippen MR) is 106 cm³/mol. The van der Waals surface area contributed by atoms with Crippen LogP contribution < -0.4 is 10.0 Å². The number of anilines is 1. The molecule has 0 unspecified atom stereocenters. The highest BCUT2D eigenvalue weighted by molar-refractivity contribution is 7.89. The van der Waals surface area contributed by atoms with Crippen molar-refractivity contribution in [2.75, 3.05) is 5.32 Å². The number of benzene rings is 1. The second-order valence-corrected chi connectivity index (χ2v) is 8.79. The van der Waals surface area contributed by atoms with Crippen LogP contribution in [-0.4, -0.2) is 14.3 Å². The zero-order valence-electron chi connectivity index (χ0n) is 14.5. The molecule has 2 heterocycles. The van der Waals surface area contributed by atoms with Crippen molar-refractivity contribution in [2.24, 2.45) is 0 Å². The van der Waals surface area contributed by atoms with Crippen LogP contribution in [0.25, 0.3) is 6.08 Å². The second-order valence-electron chi connectivity index (χ2n) is 5.70. The molecule has 6 nitrogen and oxygen atoms in total. The Hall–Kier alpha value is -2.68. The molecule has 0 fully saturated rings. The van der Waals surface area contributed by atoms with Crippen LogP contribution in [0.4, 0.5) is 5.69 Å². The highest BCUT2D eigenvalue weighted by Crippen LogP contribution is 2.17. The van der Waals surface area contributed by atoms with Gasteiger partial charge in [-0.3, -0.25) is 4.79 Å². The molecule has 8 heteroatoms. The summed E-state index contributed by atoms with van der Waals surface area (Å²) in [5.41, 5.74) is 0.511. The Balaban J connectivity index is 1.59. The summed E-state index contributed by atoms with van der Waals surface area (Å²) in [6, 6.07) is 13.3. The third-order valence-corrected chi connectivity index (χ3v) is 5.99. The second kappa shape index (κ2) is 8.34. The first-order valence-electron chi connectivity index (χ1n) is 8.10. The van der Waals surface area contributed by atoms with Gasteiger partial charge in [-0.25, -0.2) is 13.1 Å². The van der Waals surface area contributed by atoms with Crippen molar-refractivity contribution >= 4 is 39.0 Å². The standard InChI is InChI=1S/C19H18N2O4S2/c1-14-4-7-17(26-14)8-11-19(22)21-15-5-9-18(10-6-15)27(23,24)20-13-16-3-2-12-25-16/h2-12,20H,13H2,1H3,(H,21,22)/b11-8+. The monoisotopic (exact) mass is 402 g/mol. The highest BCUT2D eigenvalue weighted by atomic mass is 32.2. The van der Waals surface area contributed by atoms with E-state index in [1.54, 1.807) is 41.7 Å². The van der Waals surface area contributed by atoms with Crippen LogP contribution in [0.3, 0.4) is 0 Å². The largest absolute Gasteiger partial charge is 0.468 e. The molecule has 1 amide bonds. The number of rotatable bonds is 7. The first kappa shape index (κ1) is 19.1. The number of aryl methyl sites for hydroxylation is 1. The minimum Gasteiger partial charge on any atom is -0.468 e. The number of sulfonamides is 1. The molecule has 0 aliphatic carbocycles. The minimum absolute atomic E-state index is 0.0702. The van der Waals surface area contributed by atoms with Crippen molar-refractivity contribution < 1.29 is 17.6 Å². The molecule has 1 aromatic carbocycles. The van der Waals surface area contributed by atoms with E-state index in [1.807, 2.05) is 19.1 Å². The summed E-state index contributed by atoms with van der Waals surface area (Å²) in [6.07, 6.45) is 4.67. The Morgan fingerprint density at radius 2 is 1.93 bits per heavy atom. The molecule has 0 spiro atoms. The molecule has 0 aliphatic rings. The Morgan fingerprint density at radius 1 is 1.15 bits per heavy atom. The average Bonchev–Trinajstić information content (AvgIpc) is 3.30. The van der Waals surface area contributed by atoms with Crippen molar-refractivity contribution in [3.63, 3.8) is 0 Å². The lowest BCUT2D eigenvalue weighted by Crippen LogP contribution is -2.23. The van der Waals surface area contributed by atoms with Gasteiger partial charge in [-0.05, 0) is 61.5 Å². The highest BCUT2D eigenvalue weighted by Gasteiger charge is 2.14. The third-order valence-electron chi connectivity index (χ3n) is 3.61. The molecule has 2 aromatic heterocycles. The van der Waals surface area contributed by atoms with Gasteiger partial charge in [0.2, 0.25) is 15.9 Å². The number of furan rings is 1. The maximum absolute atomic E-state index is 12.3. The van der Waals surface area contributed by atoms with Crippen LogP contribution in [0.15, 0.2) is 70.2 Å². The zero-order chi connectivity index (χ0) is 19.3. The zero-order valence-corrected chi connectivity index (χ0v) is 16.1. The van der Waals surface area contributed by atoms with Gasteiger partial charge in [0.25, 0.3) is 0 Å². The molecule has 0 atom stereocenters. The maximum atomic E-state index is 12.3. The van der Waals surface area contributed by atoms with Gasteiger partial charge >= 0.3 is 0 Å². The van der Waals surface area contributed by atoms with E-state index in [4.69, 9.17) is 4.42 Å². The summed E-state index contributed by atoms with van der Waals surface area (Å²) < 4.78 is 32.1. The molecule has 0 aliphatic heterocycles. The Bertz CT molecular complexity index is 1030. The van der Waals surface area contributed by atoms with Gasteiger partial charge < -0.3 is 9.73 Å². The maximum Gasteiger partial charge on any atom is 0.248 e. The van der Waals surface area contributed by atoms with Crippen molar-refractivity contribution in [1.29, 1.82) is 0 Å². The lowest BCUT2D eigenvalue weighted by Gasteiger charge is -2.07. The van der Waals surface area contributed by atoms with E-state index in [-0.39, 0.29) is 17.3 Å². The summed E-state index contributed by atoms with van der Waals surface area (Å²) in [4.78, 5) is 14.2. The number of thiophene rings is 1. The molecule has 140 valence electrons. The number of nitrogens with one attached hydrogen (secondary N) is 2. The van der Waals surface area contributed by atoms with E-state index in [1.165, 1.54) is 29.3 Å². The Labute approximate surface area is 161 Å². The van der Waals surface area contributed by atoms with E-state index in [9.17, 15) is 13.2 Å². The fourth-order valence-corrected chi connectivity index (χ4v) is 4.04. The van der Waals surface area contributed by atoms with Crippen LogP contribution >= 0.6 is 11.3 Å². The molecule has 3 aromatic rings. The van der Waals surface area contributed by atoms with Crippen LogP contribution in [0.5, 0.6) is 0 Å². The SMILES string of the molecule is Cc1ccc(/C=C/C(=O)Nc2ccc(S(=O)(=O)NCc3ccco3)cc2)s1. The number of carbonyl (C=O) groups is 1. The quantitative estimate of drug-likeness (QED) is 0.589. The fourth-order valence-electron chi connectivity index (χ4n) is 2.26. The number of hydrogen-bond donors (Lipinski definition) is 2. The van der Waals surface area contributed by atoms with E-state index in [2.05, 4.69) is 10.0 Å². The summed E-state index contributed by atoms with van der Waals surface area (Å²) in [5, 5.41) is 2.70. The number of amides is 1. The van der Waals surface area contributed by atoms with E-state index >= 15 is 0 Å². The molecule has 0 saturated carbocycles. The molecule has 3 rings (SSSR count). The smallest absolute Gasteiger partial charge is 0.248 e. The molecule has 27 heavy (non-hydrogen) atoms. The van der Waals surface area contributed by atoms with Gasteiger partial charge in [0, 0.05) is 21.5 Å². The van der Waals surface area contributed by atoms with Gasteiger partial charge in [-0.1, -0.05) is 0 Å². The molecular formula is C19H18N2O4S2. The number of hydrogen-bond acceptors (Lipinski definition) is 5. The van der Waals surface area contributed by atoms with Crippen molar-refractivity contribution in [3.8, 4) is 0 Å². The Kier molecular flexibility index (Phi) is 5.90. The topological polar surface area (TPSA) is 88.4 Å². The van der Waals surface area contributed by atoms with Crippen molar-refractivity contribution in [1.82, 2.24) is 4.72 Å². The van der Waals surface area contributed by atoms with Crippen molar-refractivity contribution in [3.05, 3.63) is 76.4 Å². The lowest BCUT2D eigenvalue weighted by molar-refractivity contribution is -0.111. The van der Waals surface area contributed by atoms with Gasteiger partial charge in [-0.15, -0.1) is 11.3 Å². The van der Waals surface area contributed by atoms with E-state index < -0.39 is 10.0 Å². The summed E-state index contributed by atoms with van der Waals surface area (Å²) >= 11 is 1.60. The van der Waals surface area contributed by atoms with Crippen LogP contribution in [0.1, 0.15) is 15.5 Å². The van der Waals surface area contributed by atoms with Crippen LogP contribution in [-0.2, 0) is 21.4 Å². The normalized spacial score (nSPS) is 11.7. The summed E-state index contributed by atoms with van der Waals surface area (Å²) in [6.45, 7) is 2.07. The summed E-state index contributed by atoms with van der Waals surface area (Å²) in [7, 11) is -3.66. The molecule has 0 bridgehead atoms. The van der Waals surface area contributed by atoms with Gasteiger partial charge in [-0.2, -0.15) is 0 Å². The van der Waals surface area contributed by atoms with Gasteiger partial charge in [0.15, 0.2) is 0 Å². The Morgan fingerprint density at radius 3 is 2.56 bits per heavy atom. The molecule has 2 N–H and O–H groups in total. The molecule has 0 radical (unpaired) electrons. The van der Waals surface area contributed by atoms with E-state index in [0.29, 0.717) is 11.4 Å². The lowest BCUT2D eigenvalue weighted by atomic mass is 10.3. The predicted octanol–water partition coefficient (Wildman–Crippen LogP) is 3.78. The molecular weight excluding hydrogens is 384 g/mol.